The molecule has 1 aliphatic heterocycles. The van der Waals surface area contributed by atoms with Gasteiger partial charge in [0.05, 0.1) is 18.8 Å². The Balaban J connectivity index is 1.82. The van der Waals surface area contributed by atoms with Gasteiger partial charge in [0.2, 0.25) is 0 Å². The molecule has 1 aromatic rings. The van der Waals surface area contributed by atoms with Crippen molar-refractivity contribution in [2.45, 2.75) is 25.0 Å². The third kappa shape index (κ3) is 3.71. The Hall–Kier alpha value is -1.59. The van der Waals surface area contributed by atoms with E-state index in [1.54, 1.807) is 7.11 Å². The molecule has 1 aliphatic rings. The molecule has 5 nitrogen and oxygen atoms in total. The minimum absolute atomic E-state index is 0.360. The topological polar surface area (TPSA) is 59.0 Å². The maximum absolute atomic E-state index is 10.9. The molecule has 20 heavy (non-hydrogen) atoms. The minimum Gasteiger partial charge on any atom is -0.465 e. The zero-order valence-electron chi connectivity index (χ0n) is 11.7. The Kier molecular flexibility index (Phi) is 4.98. The van der Waals surface area contributed by atoms with E-state index in [4.69, 9.17) is 14.6 Å². The molecular weight excluding hydrogens is 258 g/mol. The number of piperidine rings is 1. The molecule has 0 aromatic heterocycles. The van der Waals surface area contributed by atoms with Gasteiger partial charge in [0, 0.05) is 20.2 Å². The van der Waals surface area contributed by atoms with Crippen LogP contribution < -0.4 is 0 Å². The van der Waals surface area contributed by atoms with E-state index in [0.717, 1.165) is 5.56 Å². The van der Waals surface area contributed by atoms with Crippen LogP contribution in [-0.4, -0.2) is 48.5 Å². The SMILES string of the molecule is COC1(COCc2ccccc2)CCN(C(=O)O)CC1. The second-order valence-corrected chi connectivity index (χ2v) is 5.14. The molecule has 2 rings (SSSR count). The molecule has 0 aliphatic carbocycles. The van der Waals surface area contributed by atoms with E-state index < -0.39 is 6.09 Å². The van der Waals surface area contributed by atoms with Gasteiger partial charge in [0.15, 0.2) is 0 Å². The Morgan fingerprint density at radius 3 is 2.50 bits per heavy atom. The van der Waals surface area contributed by atoms with E-state index in [1.807, 2.05) is 30.3 Å². The van der Waals surface area contributed by atoms with Crippen molar-refractivity contribution in [3.05, 3.63) is 35.9 Å². The molecule has 1 saturated heterocycles. The second-order valence-electron chi connectivity index (χ2n) is 5.14. The van der Waals surface area contributed by atoms with Gasteiger partial charge in [-0.3, -0.25) is 0 Å². The predicted octanol–water partition coefficient (Wildman–Crippen LogP) is 2.36. The van der Waals surface area contributed by atoms with Gasteiger partial charge in [-0.15, -0.1) is 0 Å². The molecule has 1 amide bonds. The zero-order valence-corrected chi connectivity index (χ0v) is 11.7. The standard InChI is InChI=1S/C15H21NO4/c1-19-15(7-9-16(10-8-15)14(17)18)12-20-11-13-5-3-2-4-6-13/h2-6H,7-12H2,1H3,(H,17,18). The van der Waals surface area contributed by atoms with Crippen molar-refractivity contribution in [1.82, 2.24) is 4.90 Å². The first-order valence-corrected chi connectivity index (χ1v) is 6.80. The normalized spacial score (nSPS) is 17.9. The van der Waals surface area contributed by atoms with E-state index in [9.17, 15) is 4.79 Å². The van der Waals surface area contributed by atoms with Crippen molar-refractivity contribution >= 4 is 6.09 Å². The van der Waals surface area contributed by atoms with Gasteiger partial charge >= 0.3 is 6.09 Å². The van der Waals surface area contributed by atoms with Gasteiger partial charge in [-0.05, 0) is 18.4 Å². The maximum atomic E-state index is 10.9. The Labute approximate surface area is 119 Å². The molecule has 1 heterocycles. The summed E-state index contributed by atoms with van der Waals surface area (Å²) in [7, 11) is 1.67. The molecule has 110 valence electrons. The van der Waals surface area contributed by atoms with Crippen LogP contribution in [0.5, 0.6) is 0 Å². The largest absolute Gasteiger partial charge is 0.465 e. The summed E-state index contributed by atoms with van der Waals surface area (Å²) in [6, 6.07) is 9.98. The number of amides is 1. The van der Waals surface area contributed by atoms with Crippen LogP contribution in [0.15, 0.2) is 30.3 Å². The molecule has 1 N–H and O–H groups in total. The molecule has 0 bridgehead atoms. The lowest BCUT2D eigenvalue weighted by atomic mass is 9.92. The number of ether oxygens (including phenoxy) is 2. The van der Waals surface area contributed by atoms with Crippen LogP contribution in [0.25, 0.3) is 0 Å². The summed E-state index contributed by atoms with van der Waals surface area (Å²) in [5, 5.41) is 8.96. The van der Waals surface area contributed by atoms with E-state index in [1.165, 1.54) is 4.90 Å². The van der Waals surface area contributed by atoms with Gasteiger partial charge in [-0.25, -0.2) is 4.79 Å². The lowest BCUT2D eigenvalue weighted by molar-refractivity contribution is -0.107. The third-order valence-corrected chi connectivity index (χ3v) is 3.85. The first kappa shape index (κ1) is 14.8. The van der Waals surface area contributed by atoms with Crippen molar-refractivity contribution in [2.24, 2.45) is 0 Å². The van der Waals surface area contributed by atoms with Crippen molar-refractivity contribution < 1.29 is 19.4 Å². The highest BCUT2D eigenvalue weighted by atomic mass is 16.5. The predicted molar refractivity (Wildman–Crippen MR) is 74.7 cm³/mol. The number of rotatable bonds is 5. The van der Waals surface area contributed by atoms with Gasteiger partial charge < -0.3 is 19.5 Å². The van der Waals surface area contributed by atoms with Gasteiger partial charge in [-0.1, -0.05) is 30.3 Å². The van der Waals surface area contributed by atoms with Crippen molar-refractivity contribution in [2.75, 3.05) is 26.8 Å². The molecular formula is C15H21NO4. The van der Waals surface area contributed by atoms with Crippen LogP contribution in [0.3, 0.4) is 0 Å². The number of nitrogens with zero attached hydrogens (tertiary/aromatic N) is 1. The van der Waals surface area contributed by atoms with Crippen molar-refractivity contribution in [3.63, 3.8) is 0 Å². The summed E-state index contributed by atoms with van der Waals surface area (Å²) in [5.74, 6) is 0. The lowest BCUT2D eigenvalue weighted by Crippen LogP contribution is -2.49. The summed E-state index contributed by atoms with van der Waals surface area (Å²) in [6.45, 7) is 2.04. The zero-order chi connectivity index (χ0) is 14.4. The molecule has 1 aromatic carbocycles. The van der Waals surface area contributed by atoms with Crippen LogP contribution in [0.1, 0.15) is 18.4 Å². The van der Waals surface area contributed by atoms with Gasteiger partial charge in [0.25, 0.3) is 0 Å². The third-order valence-electron chi connectivity index (χ3n) is 3.85. The monoisotopic (exact) mass is 279 g/mol. The maximum Gasteiger partial charge on any atom is 0.407 e. The van der Waals surface area contributed by atoms with Gasteiger partial charge in [-0.2, -0.15) is 0 Å². The van der Waals surface area contributed by atoms with Crippen LogP contribution in [0.4, 0.5) is 4.79 Å². The second kappa shape index (κ2) is 6.72. The summed E-state index contributed by atoms with van der Waals surface area (Å²) in [6.07, 6.45) is 0.481. The smallest absolute Gasteiger partial charge is 0.407 e. The molecule has 5 heteroatoms. The van der Waals surface area contributed by atoms with Crippen LogP contribution in [0.2, 0.25) is 0 Å². The molecule has 0 spiro atoms. The van der Waals surface area contributed by atoms with Crippen LogP contribution in [0, 0.1) is 0 Å². The number of hydrogen-bond acceptors (Lipinski definition) is 3. The first-order valence-electron chi connectivity index (χ1n) is 6.80. The lowest BCUT2D eigenvalue weighted by Gasteiger charge is -2.39. The van der Waals surface area contributed by atoms with Crippen molar-refractivity contribution in [3.8, 4) is 0 Å². The molecule has 0 radical (unpaired) electrons. The quantitative estimate of drug-likeness (QED) is 0.899. The number of methoxy groups -OCH3 is 1. The number of benzene rings is 1. The highest BCUT2D eigenvalue weighted by molar-refractivity contribution is 5.65. The van der Waals surface area contributed by atoms with E-state index in [2.05, 4.69) is 0 Å². The summed E-state index contributed by atoms with van der Waals surface area (Å²) in [5.41, 5.74) is 0.766. The Bertz CT molecular complexity index is 427. The van der Waals surface area contributed by atoms with E-state index >= 15 is 0 Å². The fourth-order valence-electron chi connectivity index (χ4n) is 2.44. The average molecular weight is 279 g/mol. The van der Waals surface area contributed by atoms with E-state index in [0.29, 0.717) is 39.1 Å². The van der Waals surface area contributed by atoms with Gasteiger partial charge in [0.1, 0.15) is 0 Å². The number of carbonyl (C=O) groups is 1. The van der Waals surface area contributed by atoms with Crippen LogP contribution in [-0.2, 0) is 16.1 Å². The number of likely N-dealkylation sites (tertiary alicyclic amines) is 1. The summed E-state index contributed by atoms with van der Waals surface area (Å²) < 4.78 is 11.4. The molecule has 0 unspecified atom stereocenters. The Morgan fingerprint density at radius 1 is 1.30 bits per heavy atom. The van der Waals surface area contributed by atoms with Crippen molar-refractivity contribution in [1.29, 1.82) is 0 Å². The number of carboxylic acid groups (broad SMARTS) is 1. The molecule has 1 fully saturated rings. The van der Waals surface area contributed by atoms with Crippen LogP contribution >= 0.6 is 0 Å². The average Bonchev–Trinajstić information content (AvgIpc) is 2.49. The first-order chi connectivity index (χ1) is 9.65. The number of hydrogen-bond donors (Lipinski definition) is 1. The molecule has 0 atom stereocenters. The molecule has 0 saturated carbocycles. The fraction of sp³-hybridized carbons (Fsp3) is 0.533. The minimum atomic E-state index is -0.861. The summed E-state index contributed by atoms with van der Waals surface area (Å²) >= 11 is 0. The highest BCUT2D eigenvalue weighted by Crippen LogP contribution is 2.26. The summed E-state index contributed by atoms with van der Waals surface area (Å²) in [4.78, 5) is 12.3. The van der Waals surface area contributed by atoms with E-state index in [-0.39, 0.29) is 5.60 Å². The fourth-order valence-corrected chi connectivity index (χ4v) is 2.44. The Morgan fingerprint density at radius 2 is 1.95 bits per heavy atom. The highest BCUT2D eigenvalue weighted by Gasteiger charge is 2.36.